The van der Waals surface area contributed by atoms with Gasteiger partial charge in [0.2, 0.25) is 5.91 Å². The Bertz CT molecular complexity index is 491. The third-order valence-electron chi connectivity index (χ3n) is 2.04. The summed E-state index contributed by atoms with van der Waals surface area (Å²) in [5.41, 5.74) is 6.12. The van der Waals surface area contributed by atoms with Crippen molar-refractivity contribution in [3.63, 3.8) is 0 Å². The van der Waals surface area contributed by atoms with Gasteiger partial charge >= 0.3 is 5.97 Å². The molecule has 0 saturated heterocycles. The number of Topliss-reactive ketones (excluding diaryl/α,β-unsaturated/α-hetero) is 1. The van der Waals surface area contributed by atoms with Crippen molar-refractivity contribution in [2.24, 2.45) is 5.73 Å². The summed E-state index contributed by atoms with van der Waals surface area (Å²) in [6.45, 7) is -0.0763. The zero-order valence-electron chi connectivity index (χ0n) is 9.42. The van der Waals surface area contributed by atoms with Crippen molar-refractivity contribution in [3.05, 3.63) is 42.0 Å². The fourth-order valence-electron chi connectivity index (χ4n) is 1.19. The second-order valence-electron chi connectivity index (χ2n) is 3.37. The number of carbonyl (C=O) groups is 3. The van der Waals surface area contributed by atoms with E-state index in [9.17, 15) is 14.4 Å². The predicted molar refractivity (Wildman–Crippen MR) is 65.2 cm³/mol. The van der Waals surface area contributed by atoms with Gasteiger partial charge in [0.25, 0.3) is 0 Å². The highest BCUT2D eigenvalue weighted by Gasteiger charge is 2.03. The fourth-order valence-corrected chi connectivity index (χ4v) is 1.19. The molecule has 1 amide bonds. The Morgan fingerprint density at radius 2 is 1.78 bits per heavy atom. The minimum Gasteiger partial charge on any atom is -0.478 e. The summed E-state index contributed by atoms with van der Waals surface area (Å²) in [7, 11) is 0. The van der Waals surface area contributed by atoms with Crippen LogP contribution in [0.25, 0.3) is 0 Å². The maximum Gasteiger partial charge on any atom is 0.328 e. The van der Waals surface area contributed by atoms with Crippen LogP contribution in [0.3, 0.4) is 0 Å². The molecule has 0 spiro atoms. The lowest BCUT2D eigenvalue weighted by Gasteiger charge is -2.03. The highest BCUT2D eigenvalue weighted by molar-refractivity contribution is 6.03. The van der Waals surface area contributed by atoms with E-state index in [4.69, 9.17) is 10.8 Å². The fraction of sp³-hybridized carbons (Fsp3) is 0.0833. The van der Waals surface area contributed by atoms with Gasteiger partial charge in [-0.3, -0.25) is 9.59 Å². The van der Waals surface area contributed by atoms with Gasteiger partial charge in [-0.05, 0) is 24.3 Å². The number of ketones is 1. The number of nitrogens with one attached hydrogen (secondary N) is 1. The van der Waals surface area contributed by atoms with Crippen LogP contribution in [0.15, 0.2) is 36.4 Å². The average Bonchev–Trinajstić information content (AvgIpc) is 2.36. The minimum absolute atomic E-state index is 0.0763. The molecule has 6 nitrogen and oxygen atoms in total. The lowest BCUT2D eigenvalue weighted by atomic mass is 10.1. The van der Waals surface area contributed by atoms with Crippen LogP contribution in [-0.4, -0.2) is 29.3 Å². The summed E-state index contributed by atoms with van der Waals surface area (Å²) < 4.78 is 0. The van der Waals surface area contributed by atoms with Crippen LogP contribution in [-0.2, 0) is 9.59 Å². The van der Waals surface area contributed by atoms with E-state index in [0.29, 0.717) is 11.3 Å². The first kappa shape index (κ1) is 13.6. The third kappa shape index (κ3) is 4.18. The molecule has 0 atom stereocenters. The summed E-state index contributed by atoms with van der Waals surface area (Å²) >= 11 is 0. The van der Waals surface area contributed by atoms with E-state index in [1.165, 1.54) is 24.3 Å². The van der Waals surface area contributed by atoms with Gasteiger partial charge in [-0.25, -0.2) is 4.79 Å². The van der Waals surface area contributed by atoms with Crippen molar-refractivity contribution in [3.8, 4) is 0 Å². The summed E-state index contributed by atoms with van der Waals surface area (Å²) in [5, 5.41) is 10.8. The van der Waals surface area contributed by atoms with Crippen LogP contribution in [0.2, 0.25) is 0 Å². The molecular formula is C12H12N2O4. The molecule has 0 heterocycles. The summed E-state index contributed by atoms with van der Waals surface area (Å²) in [5.74, 6) is -1.96. The van der Waals surface area contributed by atoms with Gasteiger partial charge < -0.3 is 16.2 Å². The Hall–Kier alpha value is -2.47. The number of amides is 1. The number of hydrogen-bond acceptors (Lipinski definition) is 4. The van der Waals surface area contributed by atoms with Crippen LogP contribution in [0.1, 0.15) is 10.4 Å². The van der Waals surface area contributed by atoms with Crippen molar-refractivity contribution < 1.29 is 19.5 Å². The first-order valence-electron chi connectivity index (χ1n) is 5.08. The van der Waals surface area contributed by atoms with Gasteiger partial charge in [-0.1, -0.05) is 0 Å². The number of carboxylic acid groups (broad SMARTS) is 1. The number of anilines is 1. The van der Waals surface area contributed by atoms with E-state index in [-0.39, 0.29) is 12.3 Å². The van der Waals surface area contributed by atoms with Crippen LogP contribution >= 0.6 is 0 Å². The topological polar surface area (TPSA) is 109 Å². The van der Waals surface area contributed by atoms with Crippen LogP contribution < -0.4 is 11.1 Å². The Morgan fingerprint density at radius 3 is 2.28 bits per heavy atom. The van der Waals surface area contributed by atoms with Crippen molar-refractivity contribution >= 4 is 23.3 Å². The first-order valence-corrected chi connectivity index (χ1v) is 5.08. The normalized spacial score (nSPS) is 10.3. The van der Waals surface area contributed by atoms with Gasteiger partial charge in [0.1, 0.15) is 0 Å². The standard InChI is InChI=1S/C12H12N2O4/c13-7-10(15)8-1-3-9(4-2-8)14-11(16)5-6-12(17)18/h1-6H,7,13H2,(H,14,16)(H,17,18)/b6-5+. The molecule has 6 heteroatoms. The van der Waals surface area contributed by atoms with Crippen LogP contribution in [0.5, 0.6) is 0 Å². The number of rotatable bonds is 5. The quantitative estimate of drug-likeness (QED) is 0.516. The maximum absolute atomic E-state index is 11.2. The van der Waals surface area contributed by atoms with Gasteiger partial charge in [0.15, 0.2) is 5.78 Å². The van der Waals surface area contributed by atoms with E-state index >= 15 is 0 Å². The van der Waals surface area contributed by atoms with Crippen molar-refractivity contribution in [1.82, 2.24) is 0 Å². The molecular weight excluding hydrogens is 236 g/mol. The number of aliphatic carboxylic acids is 1. The van der Waals surface area contributed by atoms with E-state index in [0.717, 1.165) is 12.2 Å². The zero-order chi connectivity index (χ0) is 13.5. The molecule has 0 aliphatic carbocycles. The van der Waals surface area contributed by atoms with E-state index in [1.807, 2.05) is 0 Å². The average molecular weight is 248 g/mol. The molecule has 0 bridgehead atoms. The zero-order valence-corrected chi connectivity index (χ0v) is 9.42. The molecule has 94 valence electrons. The van der Waals surface area contributed by atoms with Crippen molar-refractivity contribution in [2.75, 3.05) is 11.9 Å². The molecule has 0 saturated carbocycles. The molecule has 0 aliphatic rings. The smallest absolute Gasteiger partial charge is 0.328 e. The van der Waals surface area contributed by atoms with E-state index in [1.54, 1.807) is 0 Å². The van der Waals surface area contributed by atoms with Crippen molar-refractivity contribution in [1.29, 1.82) is 0 Å². The number of carbonyl (C=O) groups excluding carboxylic acids is 2. The lowest BCUT2D eigenvalue weighted by molar-refractivity contribution is -0.131. The molecule has 0 radical (unpaired) electrons. The number of nitrogens with two attached hydrogens (primary N) is 1. The predicted octanol–water partition coefficient (Wildman–Crippen LogP) is 0.407. The lowest BCUT2D eigenvalue weighted by Crippen LogP contribution is -2.13. The molecule has 0 aromatic heterocycles. The van der Waals surface area contributed by atoms with E-state index < -0.39 is 11.9 Å². The van der Waals surface area contributed by atoms with Crippen LogP contribution in [0, 0.1) is 0 Å². The summed E-state index contributed by atoms with van der Waals surface area (Å²) in [4.78, 5) is 32.7. The Balaban J connectivity index is 2.66. The van der Waals surface area contributed by atoms with Gasteiger partial charge in [-0.15, -0.1) is 0 Å². The Kier molecular flexibility index (Phi) is 4.77. The molecule has 1 rings (SSSR count). The largest absolute Gasteiger partial charge is 0.478 e. The monoisotopic (exact) mass is 248 g/mol. The second-order valence-corrected chi connectivity index (χ2v) is 3.37. The Labute approximate surface area is 103 Å². The SMILES string of the molecule is NCC(=O)c1ccc(NC(=O)/C=C/C(=O)O)cc1. The molecule has 4 N–H and O–H groups in total. The summed E-state index contributed by atoms with van der Waals surface area (Å²) in [6.07, 6.45) is 1.64. The number of hydrogen-bond donors (Lipinski definition) is 3. The second kappa shape index (κ2) is 6.31. The molecule has 18 heavy (non-hydrogen) atoms. The Morgan fingerprint density at radius 1 is 1.17 bits per heavy atom. The first-order chi connectivity index (χ1) is 8.52. The highest BCUT2D eigenvalue weighted by atomic mass is 16.4. The molecule has 1 aromatic carbocycles. The molecule has 1 aromatic rings. The van der Waals surface area contributed by atoms with E-state index in [2.05, 4.69) is 5.32 Å². The van der Waals surface area contributed by atoms with Gasteiger partial charge in [-0.2, -0.15) is 0 Å². The maximum atomic E-state index is 11.2. The number of benzene rings is 1. The van der Waals surface area contributed by atoms with Crippen molar-refractivity contribution in [2.45, 2.75) is 0 Å². The highest BCUT2D eigenvalue weighted by Crippen LogP contribution is 2.09. The molecule has 0 aliphatic heterocycles. The van der Waals surface area contributed by atoms with Gasteiger partial charge in [0.05, 0.1) is 6.54 Å². The minimum atomic E-state index is -1.20. The van der Waals surface area contributed by atoms with Gasteiger partial charge in [0, 0.05) is 23.4 Å². The van der Waals surface area contributed by atoms with Crippen LogP contribution in [0.4, 0.5) is 5.69 Å². The number of carboxylic acids is 1. The third-order valence-corrected chi connectivity index (χ3v) is 2.04. The summed E-state index contributed by atoms with van der Waals surface area (Å²) in [6, 6.07) is 6.14. The molecule has 0 unspecified atom stereocenters. The molecule has 0 fully saturated rings.